The maximum absolute atomic E-state index is 13.1. The standard InChI is InChI=1S/C24H21FN4O3/c1-32-23-17(24(31)27-20(14-30)16-5-3-2-4-6-16)9-11-19-22(23)18(28-29-19)10-7-15-8-12-21(25)26-13-15/h2-13,20,30H,14H2,1H3,(H,27,31)(H,28,29)/b10-7+. The van der Waals surface area contributed by atoms with Gasteiger partial charge in [-0.1, -0.05) is 36.4 Å². The summed E-state index contributed by atoms with van der Waals surface area (Å²) in [6.07, 6.45) is 4.89. The van der Waals surface area contributed by atoms with E-state index in [1.165, 1.54) is 19.4 Å². The van der Waals surface area contributed by atoms with Crippen LogP contribution in [0.25, 0.3) is 23.1 Å². The molecule has 0 saturated heterocycles. The number of H-pyrrole nitrogens is 1. The van der Waals surface area contributed by atoms with Gasteiger partial charge in [-0.05, 0) is 41.5 Å². The quantitative estimate of drug-likeness (QED) is 0.386. The average Bonchev–Trinajstić information content (AvgIpc) is 3.25. The predicted molar refractivity (Wildman–Crippen MR) is 120 cm³/mol. The number of rotatable bonds is 7. The van der Waals surface area contributed by atoms with E-state index in [0.717, 1.165) is 5.56 Å². The minimum atomic E-state index is -0.557. The van der Waals surface area contributed by atoms with Crippen molar-refractivity contribution in [3.8, 4) is 5.75 Å². The van der Waals surface area contributed by atoms with E-state index >= 15 is 0 Å². The number of pyridine rings is 1. The number of ether oxygens (including phenoxy) is 1. The average molecular weight is 432 g/mol. The van der Waals surface area contributed by atoms with Gasteiger partial charge in [-0.2, -0.15) is 9.49 Å². The van der Waals surface area contributed by atoms with Gasteiger partial charge < -0.3 is 15.2 Å². The number of aromatic nitrogens is 3. The maximum Gasteiger partial charge on any atom is 0.255 e. The summed E-state index contributed by atoms with van der Waals surface area (Å²) in [5.74, 6) is -0.581. The number of nitrogens with zero attached hydrogens (tertiary/aromatic N) is 2. The molecule has 1 unspecified atom stereocenters. The van der Waals surface area contributed by atoms with Crippen molar-refractivity contribution in [2.24, 2.45) is 0 Å². The highest BCUT2D eigenvalue weighted by atomic mass is 19.1. The molecule has 1 atom stereocenters. The molecule has 1 amide bonds. The number of methoxy groups -OCH3 is 1. The molecular formula is C24H21FN4O3. The molecule has 4 aromatic rings. The summed E-state index contributed by atoms with van der Waals surface area (Å²) < 4.78 is 18.6. The third kappa shape index (κ3) is 4.35. The third-order valence-electron chi connectivity index (χ3n) is 5.03. The van der Waals surface area contributed by atoms with Gasteiger partial charge in [-0.25, -0.2) is 4.98 Å². The fourth-order valence-corrected chi connectivity index (χ4v) is 3.43. The molecule has 162 valence electrons. The second kappa shape index (κ2) is 9.40. The summed E-state index contributed by atoms with van der Waals surface area (Å²) in [7, 11) is 1.48. The highest BCUT2D eigenvalue weighted by Crippen LogP contribution is 2.32. The van der Waals surface area contributed by atoms with Crippen molar-refractivity contribution in [3.63, 3.8) is 0 Å². The van der Waals surface area contributed by atoms with Gasteiger partial charge >= 0.3 is 0 Å². The predicted octanol–water partition coefficient (Wildman–Crippen LogP) is 3.74. The van der Waals surface area contributed by atoms with Gasteiger partial charge in [0.1, 0.15) is 5.75 Å². The van der Waals surface area contributed by atoms with Gasteiger partial charge in [0.15, 0.2) is 0 Å². The number of nitrogens with one attached hydrogen (secondary N) is 2. The number of aliphatic hydroxyl groups excluding tert-OH is 1. The summed E-state index contributed by atoms with van der Waals surface area (Å²) in [5.41, 5.74) is 3.05. The lowest BCUT2D eigenvalue weighted by Gasteiger charge is -2.18. The van der Waals surface area contributed by atoms with Crippen LogP contribution in [0.4, 0.5) is 4.39 Å². The first kappa shape index (κ1) is 21.2. The number of hydrogen-bond donors (Lipinski definition) is 3. The number of carbonyl (C=O) groups is 1. The molecule has 0 fully saturated rings. The van der Waals surface area contributed by atoms with Crippen molar-refractivity contribution in [1.82, 2.24) is 20.5 Å². The molecule has 0 radical (unpaired) electrons. The minimum Gasteiger partial charge on any atom is -0.495 e. The number of halogens is 1. The molecule has 3 N–H and O–H groups in total. The van der Waals surface area contributed by atoms with Crippen LogP contribution in [0.1, 0.15) is 33.2 Å². The molecule has 0 aliphatic rings. The van der Waals surface area contributed by atoms with Crippen molar-refractivity contribution >= 4 is 29.0 Å². The number of aliphatic hydroxyl groups is 1. The monoisotopic (exact) mass is 432 g/mol. The maximum atomic E-state index is 13.1. The third-order valence-corrected chi connectivity index (χ3v) is 5.03. The molecule has 0 aliphatic heterocycles. The van der Waals surface area contributed by atoms with Crippen LogP contribution in [-0.2, 0) is 0 Å². The number of carbonyl (C=O) groups excluding carboxylic acids is 1. The van der Waals surface area contributed by atoms with Gasteiger partial charge in [-0.3, -0.25) is 9.89 Å². The Bertz CT molecular complexity index is 1250. The Morgan fingerprint density at radius 1 is 1.19 bits per heavy atom. The molecule has 4 rings (SSSR count). The Morgan fingerprint density at radius 2 is 2.00 bits per heavy atom. The molecule has 8 heteroatoms. The lowest BCUT2D eigenvalue weighted by atomic mass is 10.0. The summed E-state index contributed by atoms with van der Waals surface area (Å²) >= 11 is 0. The summed E-state index contributed by atoms with van der Waals surface area (Å²) in [4.78, 5) is 16.7. The van der Waals surface area contributed by atoms with Gasteiger partial charge in [0.25, 0.3) is 5.91 Å². The largest absolute Gasteiger partial charge is 0.495 e. The Hall–Kier alpha value is -4.04. The van der Waals surface area contributed by atoms with Crippen molar-refractivity contribution in [1.29, 1.82) is 0 Å². The molecular weight excluding hydrogens is 411 g/mol. The van der Waals surface area contributed by atoms with Crippen LogP contribution in [0.3, 0.4) is 0 Å². The van der Waals surface area contributed by atoms with E-state index < -0.39 is 12.0 Å². The van der Waals surface area contributed by atoms with Crippen molar-refractivity contribution in [2.45, 2.75) is 6.04 Å². The summed E-state index contributed by atoms with van der Waals surface area (Å²) in [6.45, 7) is -0.244. The summed E-state index contributed by atoms with van der Waals surface area (Å²) in [6, 6.07) is 14.9. The van der Waals surface area contributed by atoms with Crippen LogP contribution in [-0.4, -0.2) is 39.9 Å². The number of amides is 1. The SMILES string of the molecule is COc1c(C(=O)NC(CO)c2ccccc2)ccc2[nH]nc(/C=C/c3ccc(F)nc3)c12. The molecule has 2 aromatic heterocycles. The fourth-order valence-electron chi connectivity index (χ4n) is 3.43. The zero-order chi connectivity index (χ0) is 22.5. The van der Waals surface area contributed by atoms with E-state index in [4.69, 9.17) is 4.74 Å². The van der Waals surface area contributed by atoms with E-state index in [0.29, 0.717) is 33.5 Å². The first-order chi connectivity index (χ1) is 15.6. The number of aromatic amines is 1. The van der Waals surface area contributed by atoms with Gasteiger partial charge in [0.2, 0.25) is 5.95 Å². The second-order valence-electron chi connectivity index (χ2n) is 7.04. The highest BCUT2D eigenvalue weighted by molar-refractivity contribution is 6.05. The van der Waals surface area contributed by atoms with Crippen molar-refractivity contribution in [3.05, 3.63) is 89.1 Å². The Labute approximate surface area is 183 Å². The molecule has 7 nitrogen and oxygen atoms in total. The van der Waals surface area contributed by atoms with Crippen LogP contribution < -0.4 is 10.1 Å². The fraction of sp³-hybridized carbons (Fsp3) is 0.125. The smallest absolute Gasteiger partial charge is 0.255 e. The molecule has 0 bridgehead atoms. The van der Waals surface area contributed by atoms with Gasteiger partial charge in [0, 0.05) is 6.20 Å². The molecule has 32 heavy (non-hydrogen) atoms. The molecule has 0 saturated carbocycles. The van der Waals surface area contributed by atoms with Crippen LogP contribution in [0.15, 0.2) is 60.8 Å². The van der Waals surface area contributed by atoms with E-state index in [9.17, 15) is 14.3 Å². The van der Waals surface area contributed by atoms with Crippen LogP contribution in [0.2, 0.25) is 0 Å². The Kier molecular flexibility index (Phi) is 6.23. The first-order valence-electron chi connectivity index (χ1n) is 9.92. The van der Waals surface area contributed by atoms with E-state index in [1.807, 2.05) is 30.3 Å². The van der Waals surface area contributed by atoms with Crippen molar-refractivity contribution in [2.75, 3.05) is 13.7 Å². The van der Waals surface area contributed by atoms with Gasteiger partial charge in [0.05, 0.1) is 41.9 Å². The number of benzene rings is 2. The molecule has 2 heterocycles. The van der Waals surface area contributed by atoms with E-state index in [-0.39, 0.29) is 12.5 Å². The van der Waals surface area contributed by atoms with Crippen LogP contribution in [0.5, 0.6) is 5.75 Å². The zero-order valence-electron chi connectivity index (χ0n) is 17.2. The number of fused-ring (bicyclic) bond motifs is 1. The van der Waals surface area contributed by atoms with Gasteiger partial charge in [-0.15, -0.1) is 0 Å². The topological polar surface area (TPSA) is 100 Å². The number of hydrogen-bond acceptors (Lipinski definition) is 5. The Balaban J connectivity index is 1.67. The highest BCUT2D eigenvalue weighted by Gasteiger charge is 2.21. The summed E-state index contributed by atoms with van der Waals surface area (Å²) in [5, 5.41) is 20.5. The normalized spacial score (nSPS) is 12.2. The molecule has 2 aromatic carbocycles. The Morgan fingerprint density at radius 3 is 2.69 bits per heavy atom. The minimum absolute atomic E-state index is 0.244. The van der Waals surface area contributed by atoms with Crippen LogP contribution >= 0.6 is 0 Å². The van der Waals surface area contributed by atoms with E-state index in [1.54, 1.807) is 30.4 Å². The molecule has 0 spiro atoms. The first-order valence-corrected chi connectivity index (χ1v) is 9.92. The second-order valence-corrected chi connectivity index (χ2v) is 7.04. The van der Waals surface area contributed by atoms with Crippen molar-refractivity contribution < 1.29 is 19.0 Å². The molecule has 0 aliphatic carbocycles. The zero-order valence-corrected chi connectivity index (χ0v) is 17.2. The van der Waals surface area contributed by atoms with E-state index in [2.05, 4.69) is 20.5 Å². The van der Waals surface area contributed by atoms with Crippen LogP contribution in [0, 0.1) is 5.95 Å². The lowest BCUT2D eigenvalue weighted by molar-refractivity contribution is 0.0913. The lowest BCUT2D eigenvalue weighted by Crippen LogP contribution is -2.31.